The van der Waals surface area contributed by atoms with E-state index in [9.17, 15) is 0 Å². The summed E-state index contributed by atoms with van der Waals surface area (Å²) in [5, 5.41) is 0. The summed E-state index contributed by atoms with van der Waals surface area (Å²) in [5.41, 5.74) is 0. The Kier molecular flexibility index (Phi) is 14.3. The van der Waals surface area contributed by atoms with Gasteiger partial charge in [0, 0.05) is 12.8 Å². The third kappa shape index (κ3) is 12.0. The van der Waals surface area contributed by atoms with Crippen LogP contribution in [0.1, 0.15) is 97.8 Å². The van der Waals surface area contributed by atoms with E-state index in [1.165, 1.54) is 64.2 Å². The highest BCUT2D eigenvalue weighted by Gasteiger charge is 2.03. The van der Waals surface area contributed by atoms with Crippen molar-refractivity contribution in [3.63, 3.8) is 0 Å². The second-order valence-corrected chi connectivity index (χ2v) is 5.49. The second kappa shape index (κ2) is 14.6. The van der Waals surface area contributed by atoms with Gasteiger partial charge < -0.3 is 0 Å². The van der Waals surface area contributed by atoms with Gasteiger partial charge in [-0.3, -0.25) is 0 Å². The van der Waals surface area contributed by atoms with Crippen LogP contribution in [0.4, 0.5) is 0 Å². The molecule has 0 aliphatic carbocycles. The lowest BCUT2D eigenvalue weighted by Gasteiger charge is -2.10. The Hall–Kier alpha value is -0.440. The Labute approximate surface area is 116 Å². The van der Waals surface area contributed by atoms with Crippen LogP contribution in [0, 0.1) is 17.8 Å². The normalized spacial score (nSPS) is 11.9. The van der Waals surface area contributed by atoms with Gasteiger partial charge in [0.1, 0.15) is 0 Å². The third-order valence-corrected chi connectivity index (χ3v) is 3.71. The zero-order chi connectivity index (χ0) is 13.5. The van der Waals surface area contributed by atoms with Crippen LogP contribution in [0.3, 0.4) is 0 Å². The summed E-state index contributed by atoms with van der Waals surface area (Å²) < 4.78 is 0. The molecule has 0 aromatic heterocycles. The molecule has 0 aliphatic heterocycles. The molecule has 0 spiro atoms. The highest BCUT2D eigenvalue weighted by Crippen LogP contribution is 2.17. The molecule has 0 fully saturated rings. The molecule has 18 heavy (non-hydrogen) atoms. The van der Waals surface area contributed by atoms with E-state index >= 15 is 0 Å². The smallest absolute Gasteiger partial charge is 0.0117 e. The first-order chi connectivity index (χ1) is 8.85. The van der Waals surface area contributed by atoms with Gasteiger partial charge in [0.25, 0.3) is 0 Å². The number of unbranched alkanes of at least 4 members (excludes halogenated alkanes) is 7. The monoisotopic (exact) mass is 250 g/mol. The molecular weight excluding hydrogens is 216 g/mol. The minimum absolute atomic E-state index is 0.852. The molecule has 0 saturated heterocycles. The summed E-state index contributed by atoms with van der Waals surface area (Å²) in [6, 6.07) is 0. The summed E-state index contributed by atoms with van der Waals surface area (Å²) >= 11 is 0. The van der Waals surface area contributed by atoms with E-state index < -0.39 is 0 Å². The van der Waals surface area contributed by atoms with Gasteiger partial charge in [0.2, 0.25) is 0 Å². The van der Waals surface area contributed by atoms with E-state index in [2.05, 4.69) is 32.6 Å². The van der Waals surface area contributed by atoms with Crippen LogP contribution in [0.15, 0.2) is 0 Å². The predicted molar refractivity (Wildman–Crippen MR) is 83.7 cm³/mol. The molecule has 0 saturated carbocycles. The predicted octanol–water partition coefficient (Wildman–Crippen LogP) is 6.35. The van der Waals surface area contributed by atoms with Crippen molar-refractivity contribution in [1.29, 1.82) is 0 Å². The average Bonchev–Trinajstić information content (AvgIpc) is 2.40. The van der Waals surface area contributed by atoms with Crippen LogP contribution in [0.5, 0.6) is 0 Å². The van der Waals surface area contributed by atoms with Crippen molar-refractivity contribution >= 4 is 0 Å². The Morgan fingerprint density at radius 2 is 1.39 bits per heavy atom. The summed E-state index contributed by atoms with van der Waals surface area (Å²) in [6.07, 6.45) is 15.9. The van der Waals surface area contributed by atoms with Crippen molar-refractivity contribution in [2.75, 3.05) is 0 Å². The van der Waals surface area contributed by atoms with Gasteiger partial charge in [-0.2, -0.15) is 0 Å². The molecule has 0 aliphatic rings. The lowest BCUT2D eigenvalue weighted by atomic mass is 9.95. The molecule has 0 heterocycles. The lowest BCUT2D eigenvalue weighted by molar-refractivity contribution is 0.450. The van der Waals surface area contributed by atoms with Crippen LogP contribution < -0.4 is 0 Å². The third-order valence-electron chi connectivity index (χ3n) is 3.71. The molecule has 1 atom stereocenters. The van der Waals surface area contributed by atoms with Gasteiger partial charge in [-0.25, -0.2) is 0 Å². The fraction of sp³-hybridized carbons (Fsp3) is 0.889. The number of hydrogen-bond donors (Lipinski definition) is 0. The molecule has 0 heteroatoms. The minimum atomic E-state index is 0.852. The summed E-state index contributed by atoms with van der Waals surface area (Å²) in [4.78, 5) is 0. The first-order valence-corrected chi connectivity index (χ1v) is 8.30. The van der Waals surface area contributed by atoms with Gasteiger partial charge in [-0.1, -0.05) is 72.1 Å². The largest absolute Gasteiger partial charge is 0.103 e. The first-order valence-electron chi connectivity index (χ1n) is 8.30. The van der Waals surface area contributed by atoms with Gasteiger partial charge >= 0.3 is 0 Å². The van der Waals surface area contributed by atoms with Gasteiger partial charge in [-0.05, 0) is 18.8 Å². The van der Waals surface area contributed by atoms with Crippen molar-refractivity contribution in [1.82, 2.24) is 0 Å². The van der Waals surface area contributed by atoms with Crippen molar-refractivity contribution in [2.24, 2.45) is 5.92 Å². The van der Waals surface area contributed by atoms with Gasteiger partial charge in [0.05, 0.1) is 0 Å². The number of rotatable bonds is 11. The maximum Gasteiger partial charge on any atom is 0.0117 e. The summed E-state index contributed by atoms with van der Waals surface area (Å²) in [6.45, 7) is 6.85. The molecule has 0 radical (unpaired) electrons. The average molecular weight is 250 g/mol. The quantitative estimate of drug-likeness (QED) is 0.296. The zero-order valence-corrected chi connectivity index (χ0v) is 13.1. The summed E-state index contributed by atoms with van der Waals surface area (Å²) in [5.74, 6) is 7.62. The maximum absolute atomic E-state index is 3.40. The van der Waals surface area contributed by atoms with Gasteiger partial charge in [-0.15, -0.1) is 11.8 Å². The van der Waals surface area contributed by atoms with E-state index in [0.29, 0.717) is 0 Å². The van der Waals surface area contributed by atoms with Crippen molar-refractivity contribution in [3.05, 3.63) is 0 Å². The van der Waals surface area contributed by atoms with E-state index in [1.54, 1.807) is 0 Å². The van der Waals surface area contributed by atoms with E-state index in [4.69, 9.17) is 0 Å². The van der Waals surface area contributed by atoms with Crippen LogP contribution in [-0.4, -0.2) is 0 Å². The lowest BCUT2D eigenvalue weighted by Crippen LogP contribution is -1.97. The Balaban J connectivity index is 3.50. The SMILES string of the molecule is CCCCCCC#CCC(CC)CCCCCC. The fourth-order valence-corrected chi connectivity index (χ4v) is 2.26. The van der Waals surface area contributed by atoms with Crippen LogP contribution in [0.25, 0.3) is 0 Å². The Morgan fingerprint density at radius 3 is 2.00 bits per heavy atom. The zero-order valence-electron chi connectivity index (χ0n) is 13.1. The number of hydrogen-bond acceptors (Lipinski definition) is 0. The van der Waals surface area contributed by atoms with Crippen molar-refractivity contribution in [3.8, 4) is 11.8 Å². The Bertz CT molecular complexity index is 206. The van der Waals surface area contributed by atoms with Crippen molar-refractivity contribution < 1.29 is 0 Å². The van der Waals surface area contributed by atoms with Crippen LogP contribution >= 0.6 is 0 Å². The maximum atomic E-state index is 3.40. The molecule has 0 rings (SSSR count). The highest BCUT2D eigenvalue weighted by molar-refractivity contribution is 4.99. The van der Waals surface area contributed by atoms with Gasteiger partial charge in [0.15, 0.2) is 0 Å². The van der Waals surface area contributed by atoms with E-state index in [1.807, 2.05) is 0 Å². The molecule has 0 aromatic carbocycles. The summed E-state index contributed by atoms with van der Waals surface area (Å²) in [7, 11) is 0. The van der Waals surface area contributed by atoms with Crippen LogP contribution in [0.2, 0.25) is 0 Å². The fourth-order valence-electron chi connectivity index (χ4n) is 2.26. The molecule has 0 aromatic rings. The Morgan fingerprint density at radius 1 is 0.722 bits per heavy atom. The van der Waals surface area contributed by atoms with Crippen LogP contribution in [-0.2, 0) is 0 Å². The minimum Gasteiger partial charge on any atom is -0.103 e. The molecular formula is C18H34. The molecule has 1 unspecified atom stereocenters. The first kappa shape index (κ1) is 17.6. The van der Waals surface area contributed by atoms with Crippen molar-refractivity contribution in [2.45, 2.75) is 97.8 Å². The highest BCUT2D eigenvalue weighted by atomic mass is 14.1. The molecule has 0 N–H and O–H groups in total. The molecule has 0 bridgehead atoms. The molecule has 0 nitrogen and oxygen atoms in total. The topological polar surface area (TPSA) is 0 Å². The van der Waals surface area contributed by atoms with E-state index in [0.717, 1.165) is 18.8 Å². The second-order valence-electron chi connectivity index (χ2n) is 5.49. The molecule has 0 amide bonds. The standard InChI is InChI=1S/C18H34/c1-4-7-9-11-12-13-15-17-18(6-3)16-14-10-8-5-2/h18H,4-12,14,16-17H2,1-3H3. The molecule has 106 valence electrons. The van der Waals surface area contributed by atoms with E-state index in [-0.39, 0.29) is 0 Å².